The van der Waals surface area contributed by atoms with Crippen LogP contribution in [0.15, 0.2) is 66.2 Å². The number of fused-ring (bicyclic) bond motifs is 2. The predicted molar refractivity (Wildman–Crippen MR) is 97.0 cm³/mol. The van der Waals surface area contributed by atoms with E-state index >= 15 is 0 Å². The topological polar surface area (TPSA) is 34.0 Å². The van der Waals surface area contributed by atoms with Gasteiger partial charge in [-0.2, -0.15) is 0 Å². The lowest BCUT2D eigenvalue weighted by atomic mass is 10.2. The summed E-state index contributed by atoms with van der Waals surface area (Å²) in [6, 6.07) is 18.4. The Kier molecular flexibility index (Phi) is 3.60. The second kappa shape index (κ2) is 5.89. The summed E-state index contributed by atoms with van der Waals surface area (Å²) in [6.07, 6.45) is 2.50. The van der Waals surface area contributed by atoms with Crippen molar-refractivity contribution in [2.75, 3.05) is 5.32 Å². The minimum Gasteiger partial charge on any atom is -0.347 e. The van der Waals surface area contributed by atoms with Gasteiger partial charge in [0.05, 0.1) is 0 Å². The Morgan fingerprint density at radius 3 is 2.91 bits per heavy atom. The molecule has 2 heterocycles. The summed E-state index contributed by atoms with van der Waals surface area (Å²) in [6.45, 7) is 0.681. The first-order valence-electron chi connectivity index (χ1n) is 7.60. The van der Waals surface area contributed by atoms with Crippen molar-refractivity contribution in [3.8, 4) is 0 Å². The zero-order valence-corrected chi connectivity index (χ0v) is 13.3. The Bertz CT molecular complexity index is 983. The molecule has 0 spiro atoms. The van der Waals surface area contributed by atoms with Crippen molar-refractivity contribution < 1.29 is 4.79 Å². The van der Waals surface area contributed by atoms with Crippen molar-refractivity contribution in [3.63, 3.8) is 0 Å². The summed E-state index contributed by atoms with van der Waals surface area (Å²) in [7, 11) is 0. The summed E-state index contributed by atoms with van der Waals surface area (Å²) in [4.78, 5) is 12.2. The normalized spacial score (nSPS) is 11.1. The van der Waals surface area contributed by atoms with E-state index in [0.29, 0.717) is 13.0 Å². The number of aryl methyl sites for hydroxylation is 1. The second-order valence-corrected chi connectivity index (χ2v) is 6.49. The minimum atomic E-state index is 0.0392. The molecule has 0 fully saturated rings. The van der Waals surface area contributed by atoms with Gasteiger partial charge in [0.15, 0.2) is 0 Å². The highest BCUT2D eigenvalue weighted by atomic mass is 32.1. The number of para-hydroxylation sites is 1. The van der Waals surface area contributed by atoms with Crippen LogP contribution in [0, 0.1) is 0 Å². The van der Waals surface area contributed by atoms with E-state index in [-0.39, 0.29) is 5.91 Å². The molecule has 114 valence electrons. The van der Waals surface area contributed by atoms with E-state index in [0.717, 1.165) is 5.69 Å². The van der Waals surface area contributed by atoms with Crippen molar-refractivity contribution in [2.45, 2.75) is 13.0 Å². The molecule has 0 unspecified atom stereocenters. The van der Waals surface area contributed by atoms with Crippen LogP contribution < -0.4 is 5.32 Å². The van der Waals surface area contributed by atoms with E-state index in [4.69, 9.17) is 0 Å². The number of nitrogens with one attached hydrogen (secondary N) is 1. The average molecular weight is 320 g/mol. The van der Waals surface area contributed by atoms with E-state index in [9.17, 15) is 4.79 Å². The number of amides is 1. The third-order valence-electron chi connectivity index (χ3n) is 4.00. The highest BCUT2D eigenvalue weighted by Gasteiger charge is 2.06. The molecule has 0 radical (unpaired) electrons. The summed E-state index contributed by atoms with van der Waals surface area (Å²) in [5.74, 6) is 0.0392. The van der Waals surface area contributed by atoms with Gasteiger partial charge in [0.2, 0.25) is 5.91 Å². The average Bonchev–Trinajstić information content (AvgIpc) is 3.19. The Morgan fingerprint density at radius 1 is 1.04 bits per heavy atom. The molecular formula is C19H16N2OS. The van der Waals surface area contributed by atoms with Gasteiger partial charge in [-0.3, -0.25) is 4.79 Å². The molecule has 4 rings (SSSR count). The van der Waals surface area contributed by atoms with E-state index in [1.165, 1.54) is 21.0 Å². The molecule has 23 heavy (non-hydrogen) atoms. The van der Waals surface area contributed by atoms with Crippen molar-refractivity contribution in [3.05, 3.63) is 66.2 Å². The maximum Gasteiger partial charge on any atom is 0.226 e. The van der Waals surface area contributed by atoms with Gasteiger partial charge in [0.25, 0.3) is 0 Å². The predicted octanol–water partition coefficient (Wildman–Crippen LogP) is 4.88. The van der Waals surface area contributed by atoms with E-state index < -0.39 is 0 Å². The molecule has 4 aromatic rings. The van der Waals surface area contributed by atoms with Crippen LogP contribution in [0.1, 0.15) is 6.42 Å². The van der Waals surface area contributed by atoms with Crippen LogP contribution in [0.4, 0.5) is 5.69 Å². The fraction of sp³-hybridized carbons (Fsp3) is 0.105. The van der Waals surface area contributed by atoms with Crippen LogP contribution in [0.25, 0.3) is 21.0 Å². The second-order valence-electron chi connectivity index (χ2n) is 5.54. The van der Waals surface area contributed by atoms with Gasteiger partial charge in [-0.05, 0) is 52.6 Å². The SMILES string of the molecule is O=C(CCn1ccc2ccccc21)Nc1ccc2sccc2c1. The zero-order chi connectivity index (χ0) is 15.6. The molecule has 0 atom stereocenters. The monoisotopic (exact) mass is 320 g/mol. The number of rotatable bonds is 4. The molecule has 0 aliphatic heterocycles. The Morgan fingerprint density at radius 2 is 1.96 bits per heavy atom. The zero-order valence-electron chi connectivity index (χ0n) is 12.5. The molecule has 2 aromatic heterocycles. The highest BCUT2D eigenvalue weighted by Crippen LogP contribution is 2.24. The number of hydrogen-bond acceptors (Lipinski definition) is 2. The molecule has 0 bridgehead atoms. The van der Waals surface area contributed by atoms with Gasteiger partial charge in [-0.25, -0.2) is 0 Å². The molecule has 0 aliphatic carbocycles. The number of hydrogen-bond donors (Lipinski definition) is 1. The maximum atomic E-state index is 12.2. The first-order valence-corrected chi connectivity index (χ1v) is 8.48. The Balaban J connectivity index is 1.43. The van der Waals surface area contributed by atoms with Crippen LogP contribution in [-0.4, -0.2) is 10.5 Å². The van der Waals surface area contributed by atoms with Crippen LogP contribution >= 0.6 is 11.3 Å². The number of carbonyl (C=O) groups is 1. The van der Waals surface area contributed by atoms with Crippen LogP contribution in [-0.2, 0) is 11.3 Å². The summed E-state index contributed by atoms with van der Waals surface area (Å²) in [5, 5.41) is 7.42. The lowest BCUT2D eigenvalue weighted by Crippen LogP contribution is -2.14. The number of aromatic nitrogens is 1. The number of nitrogens with zero attached hydrogens (tertiary/aromatic N) is 1. The lowest BCUT2D eigenvalue weighted by molar-refractivity contribution is -0.116. The van der Waals surface area contributed by atoms with Gasteiger partial charge >= 0.3 is 0 Å². The van der Waals surface area contributed by atoms with Crippen molar-refractivity contribution in [1.82, 2.24) is 4.57 Å². The summed E-state index contributed by atoms with van der Waals surface area (Å²) in [5.41, 5.74) is 2.03. The molecule has 1 N–H and O–H groups in total. The lowest BCUT2D eigenvalue weighted by Gasteiger charge is -2.07. The minimum absolute atomic E-state index is 0.0392. The molecule has 4 heteroatoms. The van der Waals surface area contributed by atoms with Crippen LogP contribution in [0.5, 0.6) is 0 Å². The summed E-state index contributed by atoms with van der Waals surface area (Å²) < 4.78 is 3.36. The van der Waals surface area contributed by atoms with E-state index in [2.05, 4.69) is 45.6 Å². The molecule has 0 aliphatic rings. The molecular weight excluding hydrogens is 304 g/mol. The molecule has 3 nitrogen and oxygen atoms in total. The molecule has 0 saturated carbocycles. The largest absolute Gasteiger partial charge is 0.347 e. The number of benzene rings is 2. The van der Waals surface area contributed by atoms with E-state index in [1.807, 2.05) is 30.5 Å². The standard InChI is InChI=1S/C19H16N2OS/c22-19(20-16-5-6-18-15(13-16)9-12-23-18)8-11-21-10-7-14-3-1-2-4-17(14)21/h1-7,9-10,12-13H,8,11H2,(H,20,22). The fourth-order valence-corrected chi connectivity index (χ4v) is 3.60. The third kappa shape index (κ3) is 2.85. The number of thiophene rings is 1. The number of anilines is 1. The van der Waals surface area contributed by atoms with Gasteiger partial charge in [0.1, 0.15) is 0 Å². The van der Waals surface area contributed by atoms with Crippen LogP contribution in [0.3, 0.4) is 0 Å². The van der Waals surface area contributed by atoms with Crippen LogP contribution in [0.2, 0.25) is 0 Å². The smallest absolute Gasteiger partial charge is 0.226 e. The highest BCUT2D eigenvalue weighted by molar-refractivity contribution is 7.17. The van der Waals surface area contributed by atoms with Gasteiger partial charge in [-0.15, -0.1) is 11.3 Å². The maximum absolute atomic E-state index is 12.2. The first-order chi connectivity index (χ1) is 11.3. The van der Waals surface area contributed by atoms with Gasteiger partial charge in [-0.1, -0.05) is 18.2 Å². The first kappa shape index (κ1) is 14.0. The summed E-state index contributed by atoms with van der Waals surface area (Å²) >= 11 is 1.71. The van der Waals surface area contributed by atoms with E-state index in [1.54, 1.807) is 11.3 Å². The van der Waals surface area contributed by atoms with Crippen molar-refractivity contribution >= 4 is 43.9 Å². The third-order valence-corrected chi connectivity index (χ3v) is 4.89. The Labute approximate surface area is 138 Å². The molecule has 0 saturated heterocycles. The molecule has 2 aromatic carbocycles. The Hall–Kier alpha value is -2.59. The number of carbonyl (C=O) groups excluding carboxylic acids is 1. The quantitative estimate of drug-likeness (QED) is 0.571. The van der Waals surface area contributed by atoms with Crippen molar-refractivity contribution in [2.24, 2.45) is 0 Å². The van der Waals surface area contributed by atoms with Gasteiger partial charge in [0, 0.05) is 35.1 Å². The van der Waals surface area contributed by atoms with Crippen molar-refractivity contribution in [1.29, 1.82) is 0 Å². The van der Waals surface area contributed by atoms with Gasteiger partial charge < -0.3 is 9.88 Å². The fourth-order valence-electron chi connectivity index (χ4n) is 2.83. The molecule has 1 amide bonds.